The first-order chi connectivity index (χ1) is 15.5. The van der Waals surface area contributed by atoms with E-state index < -0.39 is 0 Å². The van der Waals surface area contributed by atoms with Crippen molar-refractivity contribution >= 4 is 28.3 Å². The molecule has 164 valence electrons. The summed E-state index contributed by atoms with van der Waals surface area (Å²) in [6, 6.07) is 14.3. The maximum atomic E-state index is 13.4. The minimum atomic E-state index is -0.298. The molecule has 2 aromatic carbocycles. The van der Waals surface area contributed by atoms with Crippen LogP contribution in [-0.2, 0) is 0 Å². The molecular weight excluding hydrogens is 407 g/mol. The summed E-state index contributed by atoms with van der Waals surface area (Å²) >= 11 is 0. The number of halogens is 1. The predicted octanol–water partition coefficient (Wildman–Crippen LogP) is 4.46. The van der Waals surface area contributed by atoms with Gasteiger partial charge in [0.05, 0.1) is 5.69 Å². The number of hydrogen-bond donors (Lipinski definition) is 4. The molecule has 1 amide bonds. The summed E-state index contributed by atoms with van der Waals surface area (Å²) in [5.41, 5.74) is 3.78. The number of piperidine rings is 1. The molecule has 0 spiro atoms. The molecule has 1 saturated heterocycles. The molecule has 0 saturated carbocycles. The fraction of sp³-hybridized carbons (Fsp3) is 0.250. The van der Waals surface area contributed by atoms with Crippen LogP contribution in [0.1, 0.15) is 23.2 Å². The largest absolute Gasteiger partial charge is 0.382 e. The van der Waals surface area contributed by atoms with Crippen LogP contribution >= 0.6 is 0 Å². The van der Waals surface area contributed by atoms with Gasteiger partial charge in [0.25, 0.3) is 5.91 Å². The van der Waals surface area contributed by atoms with Crippen LogP contribution < -0.4 is 10.6 Å². The summed E-state index contributed by atoms with van der Waals surface area (Å²) in [5.74, 6) is -0.0181. The molecule has 0 radical (unpaired) electrons. The van der Waals surface area contributed by atoms with E-state index in [0.717, 1.165) is 42.6 Å². The molecule has 1 aliphatic rings. The minimum Gasteiger partial charge on any atom is -0.382 e. The van der Waals surface area contributed by atoms with Gasteiger partial charge in [-0.2, -0.15) is 5.10 Å². The molecular formula is C24H25FN6O. The SMILES string of the molecule is CN1CCC(Nc2ccc(C(=O)Nc3cc(-c4c[nH]c5cc(F)ccc45)n[nH]3)cc2)CC1. The van der Waals surface area contributed by atoms with Crippen molar-refractivity contribution in [3.63, 3.8) is 0 Å². The number of likely N-dealkylation sites (tertiary alicyclic amines) is 1. The zero-order chi connectivity index (χ0) is 22.1. The number of carbonyl (C=O) groups excluding carboxylic acids is 1. The first-order valence-corrected chi connectivity index (χ1v) is 10.7. The Labute approximate surface area is 185 Å². The maximum Gasteiger partial charge on any atom is 0.256 e. The summed E-state index contributed by atoms with van der Waals surface area (Å²) < 4.78 is 13.4. The van der Waals surface area contributed by atoms with Gasteiger partial charge in [-0.3, -0.25) is 9.89 Å². The van der Waals surface area contributed by atoms with Gasteiger partial charge in [-0.25, -0.2) is 4.39 Å². The number of benzene rings is 2. The van der Waals surface area contributed by atoms with Crippen LogP contribution in [0.2, 0.25) is 0 Å². The van der Waals surface area contributed by atoms with Crippen molar-refractivity contribution in [3.05, 3.63) is 66.1 Å². The fourth-order valence-electron chi connectivity index (χ4n) is 4.14. The highest BCUT2D eigenvalue weighted by molar-refractivity contribution is 6.04. The maximum absolute atomic E-state index is 13.4. The van der Waals surface area contributed by atoms with Crippen LogP contribution in [0.15, 0.2) is 54.7 Å². The molecule has 1 fully saturated rings. The monoisotopic (exact) mass is 432 g/mol. The first kappa shape index (κ1) is 20.3. The lowest BCUT2D eigenvalue weighted by atomic mass is 10.0. The number of H-pyrrole nitrogens is 2. The number of nitrogens with one attached hydrogen (secondary N) is 4. The van der Waals surface area contributed by atoms with E-state index in [1.807, 2.05) is 24.3 Å². The third-order valence-corrected chi connectivity index (χ3v) is 5.98. The van der Waals surface area contributed by atoms with E-state index in [1.54, 1.807) is 18.3 Å². The lowest BCUT2D eigenvalue weighted by molar-refractivity contribution is 0.102. The smallest absolute Gasteiger partial charge is 0.256 e. The zero-order valence-corrected chi connectivity index (χ0v) is 17.8. The van der Waals surface area contributed by atoms with Gasteiger partial charge < -0.3 is 20.5 Å². The topological polar surface area (TPSA) is 88.8 Å². The van der Waals surface area contributed by atoms with E-state index in [1.165, 1.54) is 12.1 Å². The molecule has 0 bridgehead atoms. The number of amides is 1. The van der Waals surface area contributed by atoms with Gasteiger partial charge in [0.1, 0.15) is 11.6 Å². The van der Waals surface area contributed by atoms with Crippen LogP contribution in [0.5, 0.6) is 0 Å². The molecule has 1 aliphatic heterocycles. The fourth-order valence-corrected chi connectivity index (χ4v) is 4.14. The van der Waals surface area contributed by atoms with E-state index in [4.69, 9.17) is 0 Å². The average Bonchev–Trinajstić information content (AvgIpc) is 3.42. The molecule has 4 aromatic rings. The van der Waals surface area contributed by atoms with E-state index >= 15 is 0 Å². The third-order valence-electron chi connectivity index (χ3n) is 5.98. The van der Waals surface area contributed by atoms with Crippen molar-refractivity contribution in [2.75, 3.05) is 30.8 Å². The van der Waals surface area contributed by atoms with Crippen molar-refractivity contribution < 1.29 is 9.18 Å². The van der Waals surface area contributed by atoms with Gasteiger partial charge in [0, 0.05) is 46.0 Å². The Morgan fingerprint density at radius 2 is 1.91 bits per heavy atom. The second-order valence-electron chi connectivity index (χ2n) is 8.31. The molecule has 3 heterocycles. The van der Waals surface area contributed by atoms with Crippen LogP contribution in [-0.4, -0.2) is 52.2 Å². The number of rotatable bonds is 5. The number of hydrogen-bond acceptors (Lipinski definition) is 4. The van der Waals surface area contributed by atoms with E-state index in [0.29, 0.717) is 28.6 Å². The molecule has 7 nitrogen and oxygen atoms in total. The first-order valence-electron chi connectivity index (χ1n) is 10.7. The molecule has 0 unspecified atom stereocenters. The highest BCUT2D eigenvalue weighted by Crippen LogP contribution is 2.29. The zero-order valence-electron chi connectivity index (χ0n) is 17.8. The molecule has 2 aromatic heterocycles. The average molecular weight is 433 g/mol. The number of fused-ring (bicyclic) bond motifs is 1. The van der Waals surface area contributed by atoms with Crippen molar-refractivity contribution in [2.45, 2.75) is 18.9 Å². The Balaban J connectivity index is 1.24. The Kier molecular flexibility index (Phi) is 5.36. The Bertz CT molecular complexity index is 1240. The number of nitrogens with zero attached hydrogens (tertiary/aromatic N) is 2. The predicted molar refractivity (Wildman–Crippen MR) is 124 cm³/mol. The van der Waals surface area contributed by atoms with Gasteiger partial charge in [0.2, 0.25) is 0 Å². The summed E-state index contributed by atoms with van der Waals surface area (Å²) in [4.78, 5) is 18.1. The van der Waals surface area contributed by atoms with Gasteiger partial charge in [0.15, 0.2) is 0 Å². The van der Waals surface area contributed by atoms with E-state index in [2.05, 4.69) is 37.8 Å². The Morgan fingerprint density at radius 1 is 1.12 bits per heavy atom. The van der Waals surface area contributed by atoms with Crippen molar-refractivity contribution in [1.82, 2.24) is 20.1 Å². The van der Waals surface area contributed by atoms with Gasteiger partial charge in [-0.1, -0.05) is 0 Å². The van der Waals surface area contributed by atoms with E-state index in [-0.39, 0.29) is 11.7 Å². The summed E-state index contributed by atoms with van der Waals surface area (Å²) in [5, 5.41) is 14.4. The van der Waals surface area contributed by atoms with Crippen LogP contribution in [0.3, 0.4) is 0 Å². The normalized spacial score (nSPS) is 15.2. The van der Waals surface area contributed by atoms with Crippen molar-refractivity contribution in [3.8, 4) is 11.3 Å². The van der Waals surface area contributed by atoms with Crippen LogP contribution in [0.25, 0.3) is 22.2 Å². The van der Waals surface area contributed by atoms with Gasteiger partial charge in [-0.05, 0) is 75.4 Å². The number of aromatic amines is 2. The number of carbonyl (C=O) groups is 1. The van der Waals surface area contributed by atoms with Gasteiger partial charge >= 0.3 is 0 Å². The number of aromatic nitrogens is 3. The van der Waals surface area contributed by atoms with E-state index in [9.17, 15) is 9.18 Å². The van der Waals surface area contributed by atoms with Crippen LogP contribution in [0.4, 0.5) is 15.9 Å². The molecule has 32 heavy (non-hydrogen) atoms. The van der Waals surface area contributed by atoms with Crippen molar-refractivity contribution in [2.24, 2.45) is 0 Å². The molecule has 0 atom stereocenters. The van der Waals surface area contributed by atoms with Crippen LogP contribution in [0, 0.1) is 5.82 Å². The standard InChI is InChI=1S/C24H25FN6O/c1-31-10-8-18(9-11-31)27-17-5-2-15(3-6-17)24(32)28-23-13-22(29-30-23)20-14-26-21-12-16(25)4-7-19(20)21/h2-7,12-14,18,26-27H,8-11H2,1H3,(H2,28,29,30,32). The lowest BCUT2D eigenvalue weighted by Crippen LogP contribution is -2.36. The summed E-state index contributed by atoms with van der Waals surface area (Å²) in [7, 11) is 2.15. The molecule has 5 rings (SSSR count). The van der Waals surface area contributed by atoms with Gasteiger partial charge in [-0.15, -0.1) is 0 Å². The summed E-state index contributed by atoms with van der Waals surface area (Å²) in [6.07, 6.45) is 4.01. The molecule has 0 aliphatic carbocycles. The second kappa shape index (κ2) is 8.47. The Morgan fingerprint density at radius 3 is 2.69 bits per heavy atom. The molecule has 8 heteroatoms. The third kappa shape index (κ3) is 4.22. The minimum absolute atomic E-state index is 0.216. The Hall–Kier alpha value is -3.65. The highest BCUT2D eigenvalue weighted by atomic mass is 19.1. The van der Waals surface area contributed by atoms with Crippen molar-refractivity contribution in [1.29, 1.82) is 0 Å². The lowest BCUT2D eigenvalue weighted by Gasteiger charge is -2.30. The quantitative estimate of drug-likeness (QED) is 0.375. The summed E-state index contributed by atoms with van der Waals surface area (Å²) in [6.45, 7) is 2.19. The molecule has 4 N–H and O–H groups in total. The number of anilines is 2. The second-order valence-corrected chi connectivity index (χ2v) is 8.31. The highest BCUT2D eigenvalue weighted by Gasteiger charge is 2.17.